The molecule has 62 heavy (non-hydrogen) atoms. The van der Waals surface area contributed by atoms with E-state index in [-0.39, 0.29) is 42.2 Å². The van der Waals surface area contributed by atoms with Gasteiger partial charge in [-0.1, -0.05) is 6.42 Å². The number of rotatable bonds is 29. The lowest BCUT2D eigenvalue weighted by Crippen LogP contribution is -2.33. The van der Waals surface area contributed by atoms with Crippen molar-refractivity contribution in [3.8, 4) is 0 Å². The minimum Gasteiger partial charge on any atom is -0.370 e. The molecule has 0 saturated carbocycles. The molecule has 22 heteroatoms. The topological polar surface area (TPSA) is 408 Å². The van der Waals surface area contributed by atoms with Gasteiger partial charge in [0, 0.05) is 27.1 Å². The number of unbranched alkanes of at least 4 members (excludes halogenated alkanes) is 2. The first-order chi connectivity index (χ1) is 29.3. The second-order valence-corrected chi connectivity index (χ2v) is 13.9. The molecule has 0 aliphatic heterocycles. The summed E-state index contributed by atoms with van der Waals surface area (Å²) in [5.41, 5.74) is 42.1. The highest BCUT2D eigenvalue weighted by Gasteiger charge is 2.01. The first kappa shape index (κ1) is 72.5. The van der Waals surface area contributed by atoms with Crippen LogP contribution in [-0.4, -0.2) is 172 Å². The number of nitrogens with zero attached hydrogens (tertiary/aromatic N) is 2. The van der Waals surface area contributed by atoms with Crippen molar-refractivity contribution < 1.29 is 38.4 Å². The van der Waals surface area contributed by atoms with E-state index in [1.54, 1.807) is 21.0 Å². The second-order valence-electron chi connectivity index (χ2n) is 13.9. The maximum Gasteiger partial charge on any atom is 0.216 e. The molecule has 6 unspecified atom stereocenters. The van der Waals surface area contributed by atoms with E-state index >= 15 is 0 Å². The van der Waals surface area contributed by atoms with Gasteiger partial charge < -0.3 is 106 Å². The zero-order valence-corrected chi connectivity index (χ0v) is 39.0. The van der Waals surface area contributed by atoms with E-state index in [1.807, 2.05) is 21.1 Å². The molecule has 22 nitrogen and oxygen atoms in total. The molecule has 0 fully saturated rings. The Hall–Kier alpha value is -3.97. The van der Waals surface area contributed by atoms with Gasteiger partial charge in [-0.15, -0.1) is 0 Å². The molecule has 0 aromatic rings. The first-order valence-corrected chi connectivity index (χ1v) is 20.9. The van der Waals surface area contributed by atoms with Crippen LogP contribution in [0.15, 0.2) is 4.99 Å². The largest absolute Gasteiger partial charge is 0.370 e. The Bertz CT molecular complexity index is 1030. The van der Waals surface area contributed by atoms with Crippen molar-refractivity contribution in [1.82, 2.24) is 26.2 Å². The number of hydrogen-bond acceptors (Lipinski definition) is 19. The Kier molecular flexibility index (Phi) is 74.4. The maximum absolute atomic E-state index is 10.4. The number of hydrogen-bond donors (Lipinski definition) is 12. The van der Waals surface area contributed by atoms with Crippen LogP contribution in [0.5, 0.6) is 0 Å². The van der Waals surface area contributed by atoms with Crippen molar-refractivity contribution in [3.05, 3.63) is 0 Å². The highest BCUT2D eigenvalue weighted by molar-refractivity contribution is 5.77. The fourth-order valence-corrected chi connectivity index (χ4v) is 3.50. The second kappa shape index (κ2) is 63.7. The van der Waals surface area contributed by atoms with Crippen LogP contribution in [0.2, 0.25) is 0 Å². The van der Waals surface area contributed by atoms with Crippen LogP contribution < -0.4 is 67.1 Å². The molecule has 0 aliphatic carbocycles. The number of nitrogens with two attached hydrogens (primary N) is 8. The standard InChI is InChI=1S/C8H16N2O2.C8H18N2O.C7H16N4O.C6H14N2O.C5H12N2O.2C3H7NO/c1-7(12)10-5-3-2-4-8(9)6-11;1-10(2)6-4-3-5-8(9)7-11;1-10-7(9)11-4-2-3-6(8)5-12;1-8-4-2-3-6(7)5-9;6-3-1-2-5(7)4-8;1-4-2-3-5;1-3(4)2-5/h6,8H,2-5,9H2,1H3,(H,10,12);7-8H,3-6,9H2,1-2H3;5-6H,2-4,8H2,1H3,(H3,9,10,11);5-6,8H,2-4,7H2,1H3;4-5H,1-3,6-7H2;3-4H,2H2,1H3;2-3H,4H2,1H3. The molecule has 0 aromatic carbocycles. The summed E-state index contributed by atoms with van der Waals surface area (Å²) >= 11 is 0. The Labute approximate surface area is 372 Å². The lowest BCUT2D eigenvalue weighted by atomic mass is 10.1. The lowest BCUT2D eigenvalue weighted by molar-refractivity contribution is -0.119. The van der Waals surface area contributed by atoms with Crippen molar-refractivity contribution in [1.29, 1.82) is 0 Å². The number of nitrogens with one attached hydrogen (secondary N) is 4. The molecule has 0 aromatic heterocycles. The number of aliphatic imine (C=N–C) groups is 1. The van der Waals surface area contributed by atoms with E-state index in [9.17, 15) is 38.4 Å². The van der Waals surface area contributed by atoms with Crippen molar-refractivity contribution in [2.75, 3.05) is 74.5 Å². The molecule has 0 radical (unpaired) electrons. The average Bonchev–Trinajstić information content (AvgIpc) is 3.26. The summed E-state index contributed by atoms with van der Waals surface area (Å²) < 4.78 is 0. The number of carbonyl (C=O) groups excluding carboxylic acids is 8. The summed E-state index contributed by atoms with van der Waals surface area (Å²) in [6, 6.07) is -1.82. The predicted octanol–water partition coefficient (Wildman–Crippen LogP) is -3.41. The fourth-order valence-electron chi connectivity index (χ4n) is 3.50. The van der Waals surface area contributed by atoms with Gasteiger partial charge in [-0.3, -0.25) is 9.79 Å². The van der Waals surface area contributed by atoms with Crippen LogP contribution in [0.4, 0.5) is 0 Å². The van der Waals surface area contributed by atoms with Crippen molar-refractivity contribution in [2.24, 2.45) is 50.9 Å². The number of carbonyl (C=O) groups is 8. The Morgan fingerprint density at radius 2 is 0.952 bits per heavy atom. The predicted molar refractivity (Wildman–Crippen MR) is 251 cm³/mol. The zero-order valence-electron chi connectivity index (χ0n) is 39.0. The third-order valence-corrected chi connectivity index (χ3v) is 7.07. The van der Waals surface area contributed by atoms with E-state index in [1.165, 1.54) is 6.92 Å². The molecular formula is C40H90N14O8. The minimum absolute atomic E-state index is 0.0188. The van der Waals surface area contributed by atoms with Gasteiger partial charge in [-0.25, -0.2) is 0 Å². The molecule has 0 aliphatic rings. The number of likely N-dealkylation sites (N-methyl/N-ethyl adjacent to an activating group) is 1. The summed E-state index contributed by atoms with van der Waals surface area (Å²) in [6.07, 6.45) is 15.6. The lowest BCUT2D eigenvalue weighted by Gasteiger charge is -2.09. The smallest absolute Gasteiger partial charge is 0.216 e. The summed E-state index contributed by atoms with van der Waals surface area (Å²) in [6.45, 7) is 7.56. The van der Waals surface area contributed by atoms with Crippen LogP contribution in [0.1, 0.15) is 90.9 Å². The summed E-state index contributed by atoms with van der Waals surface area (Å²) in [7, 11) is 9.31. The van der Waals surface area contributed by atoms with Crippen LogP contribution in [0, 0.1) is 0 Å². The molecule has 6 atom stereocenters. The Morgan fingerprint density at radius 3 is 1.24 bits per heavy atom. The van der Waals surface area contributed by atoms with Crippen LogP contribution in [0.3, 0.4) is 0 Å². The van der Waals surface area contributed by atoms with Gasteiger partial charge >= 0.3 is 0 Å². The van der Waals surface area contributed by atoms with E-state index in [4.69, 9.17) is 45.9 Å². The molecule has 0 heterocycles. The number of amides is 1. The summed E-state index contributed by atoms with van der Waals surface area (Å²) in [5.74, 6) is 0.393. The van der Waals surface area contributed by atoms with Crippen molar-refractivity contribution in [2.45, 2.75) is 127 Å². The first-order valence-electron chi connectivity index (χ1n) is 20.9. The maximum atomic E-state index is 10.4. The Balaban J connectivity index is -0.000000116. The quantitative estimate of drug-likeness (QED) is 0.0151. The fraction of sp³-hybridized carbons (Fsp3) is 0.775. The molecule has 368 valence electrons. The summed E-state index contributed by atoms with van der Waals surface area (Å²) in [5, 5.41) is 11.2. The van der Waals surface area contributed by atoms with Gasteiger partial charge in [-0.05, 0) is 125 Å². The van der Waals surface area contributed by atoms with Crippen LogP contribution in [0.25, 0.3) is 0 Å². The molecule has 0 rings (SSSR count). The van der Waals surface area contributed by atoms with Gasteiger partial charge in [0.2, 0.25) is 5.91 Å². The highest BCUT2D eigenvalue weighted by atomic mass is 16.2. The van der Waals surface area contributed by atoms with E-state index < -0.39 is 0 Å². The Morgan fingerprint density at radius 1 is 0.581 bits per heavy atom. The van der Waals surface area contributed by atoms with E-state index in [2.05, 4.69) is 31.2 Å². The number of aldehydes is 7. The molecule has 20 N–H and O–H groups in total. The van der Waals surface area contributed by atoms with Gasteiger partial charge in [-0.2, -0.15) is 0 Å². The van der Waals surface area contributed by atoms with Crippen LogP contribution >= 0.6 is 0 Å². The van der Waals surface area contributed by atoms with Crippen molar-refractivity contribution >= 4 is 55.9 Å². The highest BCUT2D eigenvalue weighted by Crippen LogP contribution is 1.98. The molecule has 0 spiro atoms. The molecule has 0 saturated heterocycles. The minimum atomic E-state index is -0.355. The third-order valence-electron chi connectivity index (χ3n) is 7.07. The number of guanidine groups is 1. The zero-order chi connectivity index (χ0) is 49.4. The van der Waals surface area contributed by atoms with Gasteiger partial charge in [0.1, 0.15) is 44.0 Å². The molecule has 1 amide bonds. The average molecular weight is 895 g/mol. The molecule has 0 bridgehead atoms. The molecular weight excluding hydrogens is 805 g/mol. The van der Waals surface area contributed by atoms with Crippen LogP contribution in [-0.2, 0) is 38.4 Å². The van der Waals surface area contributed by atoms with Gasteiger partial charge in [0.15, 0.2) is 5.96 Å². The van der Waals surface area contributed by atoms with Crippen molar-refractivity contribution in [3.63, 3.8) is 0 Å². The van der Waals surface area contributed by atoms with E-state index in [0.717, 1.165) is 109 Å². The van der Waals surface area contributed by atoms with Gasteiger partial charge in [0.25, 0.3) is 0 Å². The monoisotopic (exact) mass is 895 g/mol. The third kappa shape index (κ3) is 91.6. The normalized spacial score (nSPS) is 12.8. The summed E-state index contributed by atoms with van der Waals surface area (Å²) in [4.78, 5) is 85.0. The van der Waals surface area contributed by atoms with Gasteiger partial charge in [0.05, 0.1) is 42.8 Å². The van der Waals surface area contributed by atoms with E-state index in [0.29, 0.717) is 57.7 Å². The SMILES string of the molecule is CC(=O)NCCCCC(N)C=O.CC(N)C=O.CN(C)CCCCC(N)C=O.CN=C(N)NCCCC(N)C=O.CNCC=O.CNCCCC(N)C=O.NCCCC(N)C=O.